The Bertz CT molecular complexity index is 874. The number of aromatic nitrogens is 3. The lowest BCUT2D eigenvalue weighted by Gasteiger charge is -2.38. The van der Waals surface area contributed by atoms with E-state index in [1.807, 2.05) is 36.7 Å². The van der Waals surface area contributed by atoms with Gasteiger partial charge < -0.3 is 15.2 Å². The molecule has 0 radical (unpaired) electrons. The molecule has 4 rings (SSSR count). The molecular formula is C18H20N4O2S. The van der Waals surface area contributed by atoms with Gasteiger partial charge in [-0.25, -0.2) is 15.0 Å². The summed E-state index contributed by atoms with van der Waals surface area (Å²) in [7, 11) is 1.61. The molecule has 0 unspecified atom stereocenters. The third kappa shape index (κ3) is 3.17. The van der Waals surface area contributed by atoms with Gasteiger partial charge in [0.15, 0.2) is 0 Å². The lowest BCUT2D eigenvalue weighted by molar-refractivity contribution is 0.0339. The number of aliphatic hydroxyl groups is 1. The second-order valence-electron chi connectivity index (χ2n) is 6.40. The molecule has 1 fully saturated rings. The van der Waals surface area contributed by atoms with E-state index in [0.717, 1.165) is 40.3 Å². The molecule has 1 saturated carbocycles. The van der Waals surface area contributed by atoms with Gasteiger partial charge in [0.1, 0.15) is 11.6 Å². The summed E-state index contributed by atoms with van der Waals surface area (Å²) in [6, 6.07) is 5.94. The van der Waals surface area contributed by atoms with Gasteiger partial charge in [-0.2, -0.15) is 0 Å². The normalized spacial score (nSPS) is 20.9. The number of thiophene rings is 1. The van der Waals surface area contributed by atoms with Crippen LogP contribution in [0, 0.1) is 12.8 Å². The molecule has 0 bridgehead atoms. The molecule has 1 aliphatic carbocycles. The van der Waals surface area contributed by atoms with Crippen LogP contribution < -0.4 is 10.1 Å². The summed E-state index contributed by atoms with van der Waals surface area (Å²) in [5.74, 6) is 2.53. The van der Waals surface area contributed by atoms with Gasteiger partial charge in [0.2, 0.25) is 5.88 Å². The minimum absolute atomic E-state index is 0.0430. The Morgan fingerprint density at radius 2 is 2.12 bits per heavy atom. The molecule has 0 amide bonds. The fourth-order valence-electron chi connectivity index (χ4n) is 3.30. The van der Waals surface area contributed by atoms with E-state index in [4.69, 9.17) is 4.74 Å². The predicted molar refractivity (Wildman–Crippen MR) is 98.0 cm³/mol. The number of methoxy groups -OCH3 is 1. The molecule has 1 aliphatic rings. The zero-order chi connectivity index (χ0) is 17.4. The van der Waals surface area contributed by atoms with Crippen LogP contribution >= 0.6 is 11.3 Å². The van der Waals surface area contributed by atoms with E-state index in [1.165, 1.54) is 0 Å². The molecule has 0 aliphatic heterocycles. The third-order valence-corrected chi connectivity index (χ3v) is 5.57. The quantitative estimate of drug-likeness (QED) is 0.730. The number of hydrogen-bond acceptors (Lipinski definition) is 7. The summed E-state index contributed by atoms with van der Waals surface area (Å²) in [5.41, 5.74) is 2.03. The third-order valence-electron chi connectivity index (χ3n) is 4.66. The maximum Gasteiger partial charge on any atom is 0.212 e. The lowest BCUT2D eigenvalue weighted by atomic mass is 9.75. The van der Waals surface area contributed by atoms with E-state index in [9.17, 15) is 5.11 Å². The van der Waals surface area contributed by atoms with Crippen molar-refractivity contribution in [3.63, 3.8) is 0 Å². The Hall–Kier alpha value is -2.25. The second-order valence-corrected chi connectivity index (χ2v) is 7.31. The van der Waals surface area contributed by atoms with Gasteiger partial charge in [0.05, 0.1) is 29.5 Å². The second kappa shape index (κ2) is 6.57. The Morgan fingerprint density at radius 1 is 1.28 bits per heavy atom. The van der Waals surface area contributed by atoms with Crippen molar-refractivity contribution in [1.29, 1.82) is 0 Å². The highest BCUT2D eigenvalue weighted by molar-refractivity contribution is 7.17. The Kier molecular flexibility index (Phi) is 4.27. The van der Waals surface area contributed by atoms with Crippen molar-refractivity contribution < 1.29 is 9.84 Å². The maximum atomic E-state index is 9.76. The number of fused-ring (bicyclic) bond motifs is 1. The molecule has 2 N–H and O–H groups in total. The highest BCUT2D eigenvalue weighted by Crippen LogP contribution is 2.41. The molecule has 0 saturated heterocycles. The molecule has 0 aromatic carbocycles. The zero-order valence-corrected chi connectivity index (χ0v) is 15.0. The topological polar surface area (TPSA) is 80.2 Å². The zero-order valence-electron chi connectivity index (χ0n) is 14.1. The fourth-order valence-corrected chi connectivity index (χ4v) is 4.08. The highest BCUT2D eigenvalue weighted by atomic mass is 32.1. The molecule has 7 heteroatoms. The smallest absolute Gasteiger partial charge is 0.212 e. The number of aliphatic hydroxyl groups excluding tert-OH is 1. The average Bonchev–Trinajstić information content (AvgIpc) is 3.05. The van der Waals surface area contributed by atoms with Crippen LogP contribution in [-0.2, 0) is 0 Å². The summed E-state index contributed by atoms with van der Waals surface area (Å²) in [4.78, 5) is 13.4. The molecule has 0 spiro atoms. The van der Waals surface area contributed by atoms with E-state index in [2.05, 4.69) is 20.3 Å². The van der Waals surface area contributed by atoms with Crippen molar-refractivity contribution in [1.82, 2.24) is 15.0 Å². The van der Waals surface area contributed by atoms with Crippen molar-refractivity contribution in [2.75, 3.05) is 12.4 Å². The molecule has 25 heavy (non-hydrogen) atoms. The Morgan fingerprint density at radius 3 is 2.80 bits per heavy atom. The lowest BCUT2D eigenvalue weighted by Crippen LogP contribution is -2.36. The van der Waals surface area contributed by atoms with Gasteiger partial charge >= 0.3 is 0 Å². The van der Waals surface area contributed by atoms with Crippen LogP contribution in [0.2, 0.25) is 0 Å². The fraction of sp³-hybridized carbons (Fsp3) is 0.389. The Balaban J connectivity index is 1.69. The van der Waals surface area contributed by atoms with Crippen LogP contribution in [0.1, 0.15) is 30.3 Å². The van der Waals surface area contributed by atoms with Gasteiger partial charge in [-0.1, -0.05) is 6.07 Å². The summed E-state index contributed by atoms with van der Waals surface area (Å²) < 4.78 is 6.21. The molecule has 3 aromatic rings. The van der Waals surface area contributed by atoms with Gasteiger partial charge in [-0.15, -0.1) is 11.3 Å². The summed E-state index contributed by atoms with van der Waals surface area (Å²) in [5, 5.41) is 15.4. The van der Waals surface area contributed by atoms with Crippen molar-refractivity contribution in [2.45, 2.75) is 31.9 Å². The standard InChI is InChI=1S/C18H20N4O2S/c1-10-20-14-5-6-25-17(14)18(21-10)22-16(12-7-13(23)8-12)11-3-4-15(24-2)19-9-11/h3-6,9,12-13,16,23H,7-8H2,1-2H3,(H,20,21,22)/t12?,13?,16-/m0/s1. The van der Waals surface area contributed by atoms with Gasteiger partial charge in [-0.05, 0) is 42.7 Å². The molecule has 3 heterocycles. The largest absolute Gasteiger partial charge is 0.481 e. The monoisotopic (exact) mass is 356 g/mol. The highest BCUT2D eigenvalue weighted by Gasteiger charge is 2.35. The van der Waals surface area contributed by atoms with Crippen molar-refractivity contribution in [3.05, 3.63) is 41.2 Å². The molecule has 6 nitrogen and oxygen atoms in total. The van der Waals surface area contributed by atoms with Crippen molar-refractivity contribution in [3.8, 4) is 5.88 Å². The minimum Gasteiger partial charge on any atom is -0.481 e. The first-order valence-electron chi connectivity index (χ1n) is 8.30. The SMILES string of the molecule is COc1ccc([C@H](Nc2nc(C)nc3ccsc23)C2CC(O)C2)cn1. The van der Waals surface area contributed by atoms with Gasteiger partial charge in [0, 0.05) is 12.3 Å². The van der Waals surface area contributed by atoms with E-state index in [-0.39, 0.29) is 12.1 Å². The first-order chi connectivity index (χ1) is 12.1. The molecular weight excluding hydrogens is 336 g/mol. The number of nitrogens with zero attached hydrogens (tertiary/aromatic N) is 3. The van der Waals surface area contributed by atoms with E-state index in [0.29, 0.717) is 11.8 Å². The van der Waals surface area contributed by atoms with Crippen LogP contribution in [0.3, 0.4) is 0 Å². The number of rotatable bonds is 5. The van der Waals surface area contributed by atoms with Crippen LogP contribution in [0.5, 0.6) is 5.88 Å². The van der Waals surface area contributed by atoms with Crippen LogP contribution in [0.4, 0.5) is 5.82 Å². The summed E-state index contributed by atoms with van der Waals surface area (Å²) in [6.07, 6.45) is 3.18. The first-order valence-corrected chi connectivity index (χ1v) is 9.18. The summed E-state index contributed by atoms with van der Waals surface area (Å²) >= 11 is 1.63. The number of hydrogen-bond donors (Lipinski definition) is 2. The molecule has 1 atom stereocenters. The minimum atomic E-state index is -0.214. The van der Waals surface area contributed by atoms with E-state index < -0.39 is 0 Å². The van der Waals surface area contributed by atoms with E-state index in [1.54, 1.807) is 18.4 Å². The maximum absolute atomic E-state index is 9.76. The summed E-state index contributed by atoms with van der Waals surface area (Å²) in [6.45, 7) is 1.90. The van der Waals surface area contributed by atoms with Crippen LogP contribution in [0.25, 0.3) is 10.2 Å². The average molecular weight is 356 g/mol. The number of aryl methyl sites for hydroxylation is 1. The van der Waals surface area contributed by atoms with Crippen molar-refractivity contribution >= 4 is 27.4 Å². The first kappa shape index (κ1) is 16.2. The van der Waals surface area contributed by atoms with Crippen molar-refractivity contribution in [2.24, 2.45) is 5.92 Å². The van der Waals surface area contributed by atoms with Gasteiger partial charge in [0.25, 0.3) is 0 Å². The number of pyridine rings is 1. The molecule has 3 aromatic heterocycles. The molecule has 130 valence electrons. The number of nitrogens with one attached hydrogen (secondary N) is 1. The number of ether oxygens (including phenoxy) is 1. The van der Waals surface area contributed by atoms with Gasteiger partial charge in [-0.3, -0.25) is 0 Å². The predicted octanol–water partition coefficient (Wildman–Crippen LogP) is 3.33. The van der Waals surface area contributed by atoms with E-state index >= 15 is 0 Å². The number of anilines is 1. The van der Waals surface area contributed by atoms with Crippen LogP contribution in [0.15, 0.2) is 29.8 Å². The Labute approximate surface area is 149 Å². The van der Waals surface area contributed by atoms with Crippen LogP contribution in [-0.4, -0.2) is 33.3 Å².